The fourth-order valence-electron chi connectivity index (χ4n) is 1.04. The number of halogens is 1. The highest BCUT2D eigenvalue weighted by molar-refractivity contribution is 6.28. The Morgan fingerprint density at radius 3 is 3.00 bits per heavy atom. The molecule has 6 heteroatoms. The summed E-state index contributed by atoms with van der Waals surface area (Å²) in [6.07, 6.45) is 1.45. The number of aromatic nitrogens is 2. The van der Waals surface area contributed by atoms with Gasteiger partial charge in [-0.1, -0.05) is 0 Å². The summed E-state index contributed by atoms with van der Waals surface area (Å²) < 4.78 is 4.92. The van der Waals surface area contributed by atoms with E-state index in [1.165, 1.54) is 12.3 Å². The van der Waals surface area contributed by atoms with Crippen molar-refractivity contribution in [1.82, 2.24) is 15.3 Å². The van der Waals surface area contributed by atoms with Crippen molar-refractivity contribution in [3.8, 4) is 0 Å². The van der Waals surface area contributed by atoms with Gasteiger partial charge in [-0.05, 0) is 17.7 Å². The van der Waals surface area contributed by atoms with Crippen LogP contribution < -0.4 is 5.32 Å². The van der Waals surface area contributed by atoms with Crippen LogP contribution in [0.1, 0.15) is 10.5 Å². The van der Waals surface area contributed by atoms with Crippen LogP contribution in [0.25, 0.3) is 0 Å². The molecule has 0 radical (unpaired) electrons. The maximum Gasteiger partial charge on any atom is 0.270 e. The summed E-state index contributed by atoms with van der Waals surface area (Å²) in [7, 11) is 0. The van der Waals surface area contributed by atoms with E-state index in [1.807, 2.05) is 0 Å². The first-order valence-electron chi connectivity index (χ1n) is 4.13. The molecule has 74 valence electrons. The van der Waals surface area contributed by atoms with E-state index in [4.69, 9.17) is 16.3 Å². The van der Waals surface area contributed by atoms with E-state index < -0.39 is 0 Å². The predicted molar refractivity (Wildman–Crippen MR) is 49.1 cm³/mol. The van der Waals surface area contributed by atoms with Crippen LogP contribution in [0.3, 0.4) is 0 Å². The van der Waals surface area contributed by atoms with E-state index in [9.17, 15) is 4.79 Å². The number of carbonyl (C=O) groups is 1. The molecular formula is C8H8ClN3O2. The third-order valence-corrected chi connectivity index (χ3v) is 2.01. The molecule has 0 spiro atoms. The molecule has 0 aliphatic carbocycles. The average molecular weight is 214 g/mol. The van der Waals surface area contributed by atoms with Crippen molar-refractivity contribution in [3.63, 3.8) is 0 Å². The summed E-state index contributed by atoms with van der Waals surface area (Å²) in [5.41, 5.74) is 0.275. The quantitative estimate of drug-likeness (QED) is 0.716. The second-order valence-corrected chi connectivity index (χ2v) is 3.26. The number of hydrogen-bond donors (Lipinski definition) is 1. The summed E-state index contributed by atoms with van der Waals surface area (Å²) in [5, 5.41) is 2.82. The Bertz CT molecular complexity index is 354. The molecule has 1 amide bonds. The van der Waals surface area contributed by atoms with E-state index in [0.29, 0.717) is 13.2 Å². The first kappa shape index (κ1) is 9.36. The number of nitrogens with zero attached hydrogens (tertiary/aromatic N) is 2. The average Bonchev–Trinajstić information content (AvgIpc) is 2.11. The maximum absolute atomic E-state index is 11.5. The highest BCUT2D eigenvalue weighted by atomic mass is 35.5. The summed E-state index contributed by atoms with van der Waals surface area (Å²) >= 11 is 5.55. The molecule has 0 aromatic carbocycles. The molecule has 1 aliphatic rings. The molecule has 1 saturated heterocycles. The number of hydrogen-bond acceptors (Lipinski definition) is 4. The van der Waals surface area contributed by atoms with Gasteiger partial charge in [-0.3, -0.25) is 4.79 Å². The molecule has 5 nitrogen and oxygen atoms in total. The van der Waals surface area contributed by atoms with Crippen LogP contribution in [0.15, 0.2) is 12.3 Å². The van der Waals surface area contributed by atoms with E-state index in [-0.39, 0.29) is 22.9 Å². The fraction of sp³-hybridized carbons (Fsp3) is 0.375. The van der Waals surface area contributed by atoms with Gasteiger partial charge in [0.15, 0.2) is 0 Å². The van der Waals surface area contributed by atoms with E-state index >= 15 is 0 Å². The molecule has 0 atom stereocenters. The number of carbonyl (C=O) groups excluding carboxylic acids is 1. The lowest BCUT2D eigenvalue weighted by Gasteiger charge is -2.26. The van der Waals surface area contributed by atoms with Crippen molar-refractivity contribution in [1.29, 1.82) is 0 Å². The molecule has 2 heterocycles. The molecular weight excluding hydrogens is 206 g/mol. The van der Waals surface area contributed by atoms with E-state index in [2.05, 4.69) is 15.3 Å². The molecule has 1 aliphatic heterocycles. The van der Waals surface area contributed by atoms with Gasteiger partial charge in [-0.15, -0.1) is 0 Å². The zero-order valence-corrected chi connectivity index (χ0v) is 7.99. The second-order valence-electron chi connectivity index (χ2n) is 2.92. The van der Waals surface area contributed by atoms with Crippen molar-refractivity contribution in [2.24, 2.45) is 0 Å². The number of rotatable bonds is 2. The monoisotopic (exact) mass is 213 g/mol. The largest absolute Gasteiger partial charge is 0.377 e. The Balaban J connectivity index is 2.02. The summed E-state index contributed by atoms with van der Waals surface area (Å²) in [6.45, 7) is 1.12. The van der Waals surface area contributed by atoms with Crippen LogP contribution >= 0.6 is 11.6 Å². The Kier molecular flexibility index (Phi) is 2.60. The van der Waals surface area contributed by atoms with Crippen molar-refractivity contribution in [2.75, 3.05) is 13.2 Å². The Labute approximate surface area is 85.5 Å². The zero-order chi connectivity index (χ0) is 9.97. The van der Waals surface area contributed by atoms with E-state index in [0.717, 1.165) is 0 Å². The Morgan fingerprint density at radius 2 is 2.43 bits per heavy atom. The molecule has 14 heavy (non-hydrogen) atoms. The predicted octanol–water partition coefficient (Wildman–Crippen LogP) is 0.259. The first-order valence-corrected chi connectivity index (χ1v) is 4.50. The Morgan fingerprint density at radius 1 is 1.64 bits per heavy atom. The third kappa shape index (κ3) is 2.00. The smallest absolute Gasteiger partial charge is 0.270 e. The van der Waals surface area contributed by atoms with Gasteiger partial charge in [0.25, 0.3) is 5.91 Å². The fourth-order valence-corrected chi connectivity index (χ4v) is 1.19. The lowest BCUT2D eigenvalue weighted by atomic mass is 10.2. The first-order chi connectivity index (χ1) is 6.75. The van der Waals surface area contributed by atoms with Gasteiger partial charge in [0, 0.05) is 6.20 Å². The van der Waals surface area contributed by atoms with Crippen LogP contribution in [-0.2, 0) is 4.74 Å². The standard InChI is InChI=1S/C8H8ClN3O2/c9-8-10-2-1-6(12-8)7(13)11-5-3-14-4-5/h1-2,5H,3-4H2,(H,11,13). The van der Waals surface area contributed by atoms with Gasteiger partial charge < -0.3 is 10.1 Å². The summed E-state index contributed by atoms with van der Waals surface area (Å²) in [4.78, 5) is 19.0. The highest BCUT2D eigenvalue weighted by Gasteiger charge is 2.21. The van der Waals surface area contributed by atoms with Crippen LogP contribution in [0.5, 0.6) is 0 Å². The van der Waals surface area contributed by atoms with Gasteiger partial charge in [-0.2, -0.15) is 0 Å². The summed E-state index contributed by atoms with van der Waals surface area (Å²) in [5.74, 6) is -0.248. The number of amides is 1. The second kappa shape index (κ2) is 3.89. The topological polar surface area (TPSA) is 64.1 Å². The van der Waals surface area contributed by atoms with E-state index in [1.54, 1.807) is 0 Å². The van der Waals surface area contributed by atoms with Crippen molar-refractivity contribution in [2.45, 2.75) is 6.04 Å². The zero-order valence-electron chi connectivity index (χ0n) is 7.24. The van der Waals surface area contributed by atoms with Gasteiger partial charge >= 0.3 is 0 Å². The molecule has 2 rings (SSSR count). The number of ether oxygens (including phenoxy) is 1. The third-order valence-electron chi connectivity index (χ3n) is 1.83. The van der Waals surface area contributed by atoms with Crippen molar-refractivity contribution in [3.05, 3.63) is 23.2 Å². The molecule has 0 bridgehead atoms. The minimum absolute atomic E-state index is 0.0718. The number of nitrogens with one attached hydrogen (secondary N) is 1. The molecule has 0 unspecified atom stereocenters. The lowest BCUT2D eigenvalue weighted by Crippen LogP contribution is -2.48. The SMILES string of the molecule is O=C(NC1COC1)c1ccnc(Cl)n1. The van der Waals surface area contributed by atoms with Gasteiger partial charge in [0.1, 0.15) is 5.69 Å². The Hall–Kier alpha value is -1.20. The molecule has 1 aromatic rings. The van der Waals surface area contributed by atoms with Crippen LogP contribution in [-0.4, -0.2) is 35.1 Å². The molecule has 1 fully saturated rings. The highest BCUT2D eigenvalue weighted by Crippen LogP contribution is 2.04. The van der Waals surface area contributed by atoms with Gasteiger partial charge in [0.05, 0.1) is 19.3 Å². The molecule has 1 aromatic heterocycles. The minimum Gasteiger partial charge on any atom is -0.377 e. The maximum atomic E-state index is 11.5. The van der Waals surface area contributed by atoms with Crippen LogP contribution in [0.4, 0.5) is 0 Å². The van der Waals surface area contributed by atoms with Crippen LogP contribution in [0.2, 0.25) is 5.28 Å². The van der Waals surface area contributed by atoms with Crippen molar-refractivity contribution < 1.29 is 9.53 Å². The van der Waals surface area contributed by atoms with Gasteiger partial charge in [0.2, 0.25) is 5.28 Å². The summed E-state index contributed by atoms with van der Waals surface area (Å²) in [6, 6.07) is 1.61. The normalized spacial score (nSPS) is 16.1. The molecule has 0 saturated carbocycles. The van der Waals surface area contributed by atoms with Crippen LogP contribution in [0, 0.1) is 0 Å². The van der Waals surface area contributed by atoms with Crippen molar-refractivity contribution >= 4 is 17.5 Å². The molecule has 1 N–H and O–H groups in total. The lowest BCUT2D eigenvalue weighted by molar-refractivity contribution is -0.00355. The minimum atomic E-state index is -0.248. The van der Waals surface area contributed by atoms with Gasteiger partial charge in [-0.25, -0.2) is 9.97 Å².